The van der Waals surface area contributed by atoms with E-state index >= 15 is 0 Å². The van der Waals surface area contributed by atoms with Crippen molar-refractivity contribution in [2.24, 2.45) is 0 Å². The molecule has 0 radical (unpaired) electrons. The Morgan fingerprint density at radius 3 is 2.61 bits per heavy atom. The molecule has 1 saturated heterocycles. The molecule has 28 heavy (non-hydrogen) atoms. The van der Waals surface area contributed by atoms with Gasteiger partial charge >= 0.3 is 0 Å². The molecule has 3 rings (SSSR count). The third-order valence-electron chi connectivity index (χ3n) is 4.30. The maximum atomic E-state index is 12.6. The molecular formula is C22H20N2O2S2. The van der Waals surface area contributed by atoms with Crippen LogP contribution in [-0.4, -0.2) is 27.6 Å². The summed E-state index contributed by atoms with van der Waals surface area (Å²) in [5.41, 5.74) is 4.00. The first-order valence-electron chi connectivity index (χ1n) is 8.78. The third kappa shape index (κ3) is 4.97. The van der Waals surface area contributed by atoms with Crippen molar-refractivity contribution < 1.29 is 9.59 Å². The normalized spacial score (nSPS) is 15.6. The highest BCUT2D eigenvalue weighted by atomic mass is 32.2. The van der Waals surface area contributed by atoms with Crippen molar-refractivity contribution in [3.8, 4) is 0 Å². The number of anilines is 1. The van der Waals surface area contributed by atoms with Crippen molar-refractivity contribution in [1.82, 2.24) is 4.90 Å². The molecule has 0 unspecified atom stereocenters. The van der Waals surface area contributed by atoms with Gasteiger partial charge in [0.05, 0.1) is 4.91 Å². The molecule has 0 spiro atoms. The van der Waals surface area contributed by atoms with Crippen LogP contribution in [-0.2, 0) is 9.59 Å². The number of thiocarbonyl (C=S) groups is 1. The lowest BCUT2D eigenvalue weighted by molar-refractivity contribution is -0.126. The molecule has 1 N–H and O–H groups in total. The van der Waals surface area contributed by atoms with Crippen molar-refractivity contribution in [3.63, 3.8) is 0 Å². The number of nitrogens with one attached hydrogen (secondary N) is 1. The Kier molecular flexibility index (Phi) is 6.44. The lowest BCUT2D eigenvalue weighted by Crippen LogP contribution is -2.36. The fourth-order valence-electron chi connectivity index (χ4n) is 2.62. The van der Waals surface area contributed by atoms with E-state index in [-0.39, 0.29) is 18.4 Å². The number of allylic oxidation sites excluding steroid dienone is 2. The molecule has 4 nitrogen and oxygen atoms in total. The second-order valence-electron chi connectivity index (χ2n) is 6.41. The summed E-state index contributed by atoms with van der Waals surface area (Å²) in [7, 11) is 0. The van der Waals surface area contributed by atoms with E-state index in [4.69, 9.17) is 12.2 Å². The van der Waals surface area contributed by atoms with Crippen LogP contribution in [0.2, 0.25) is 0 Å². The van der Waals surface area contributed by atoms with Gasteiger partial charge in [-0.15, -0.1) is 0 Å². The highest BCUT2D eigenvalue weighted by molar-refractivity contribution is 8.26. The zero-order valence-corrected chi connectivity index (χ0v) is 17.3. The molecule has 0 bridgehead atoms. The first-order chi connectivity index (χ1) is 13.4. The van der Waals surface area contributed by atoms with Gasteiger partial charge in [0.25, 0.3) is 5.91 Å². The molecule has 0 saturated carbocycles. The van der Waals surface area contributed by atoms with Gasteiger partial charge in [-0.1, -0.05) is 72.5 Å². The van der Waals surface area contributed by atoms with Gasteiger partial charge in [-0.2, -0.15) is 0 Å². The summed E-state index contributed by atoms with van der Waals surface area (Å²) >= 11 is 6.49. The van der Waals surface area contributed by atoms with Crippen LogP contribution in [0.5, 0.6) is 0 Å². The molecule has 0 aromatic heterocycles. The van der Waals surface area contributed by atoms with E-state index in [9.17, 15) is 9.59 Å². The zero-order chi connectivity index (χ0) is 20.1. The van der Waals surface area contributed by atoms with Crippen LogP contribution in [0.15, 0.2) is 65.6 Å². The first kappa shape index (κ1) is 20.0. The molecule has 2 aromatic carbocycles. The maximum absolute atomic E-state index is 12.6. The smallest absolute Gasteiger partial charge is 0.266 e. The number of benzene rings is 2. The van der Waals surface area contributed by atoms with Gasteiger partial charge in [0, 0.05) is 5.69 Å². The number of thioether (sulfide) groups is 1. The number of amides is 2. The quantitative estimate of drug-likeness (QED) is 0.576. The van der Waals surface area contributed by atoms with E-state index in [1.54, 1.807) is 6.08 Å². The molecule has 1 aliphatic heterocycles. The van der Waals surface area contributed by atoms with E-state index in [0.29, 0.717) is 14.9 Å². The number of hydrogen-bond donors (Lipinski definition) is 1. The Hall–Kier alpha value is -2.70. The molecule has 0 atom stereocenters. The summed E-state index contributed by atoms with van der Waals surface area (Å²) in [5, 5.41) is 2.82. The largest absolute Gasteiger partial charge is 0.325 e. The fourth-order valence-corrected chi connectivity index (χ4v) is 3.83. The summed E-state index contributed by atoms with van der Waals surface area (Å²) in [4.78, 5) is 26.8. The molecule has 0 aliphatic carbocycles. The summed E-state index contributed by atoms with van der Waals surface area (Å²) in [6.45, 7) is 3.90. The number of hydrogen-bond acceptors (Lipinski definition) is 4. The first-order valence-corrected chi connectivity index (χ1v) is 10.0. The Morgan fingerprint density at radius 2 is 1.89 bits per heavy atom. The van der Waals surface area contributed by atoms with Gasteiger partial charge in [-0.3, -0.25) is 14.5 Å². The van der Waals surface area contributed by atoms with Crippen LogP contribution in [0.1, 0.15) is 16.7 Å². The standard InChI is InChI=1S/C22H20N2O2S2/c1-15-11-12-18(13-16(15)2)23-20(25)14-24-21(26)19(28-22(24)27)10-6-9-17-7-4-3-5-8-17/h3-13H,14H2,1-2H3,(H,23,25)/b9-6+,19-10-. The number of nitrogens with zero attached hydrogens (tertiary/aromatic N) is 1. The maximum Gasteiger partial charge on any atom is 0.266 e. The molecule has 2 aromatic rings. The molecule has 1 heterocycles. The Bertz CT molecular complexity index is 981. The van der Waals surface area contributed by atoms with Gasteiger partial charge < -0.3 is 5.32 Å². The van der Waals surface area contributed by atoms with Crippen molar-refractivity contribution in [2.45, 2.75) is 13.8 Å². The SMILES string of the molecule is Cc1ccc(NC(=O)CN2C(=O)/C(=C/C=C/c3ccccc3)SC2=S)cc1C. The van der Waals surface area contributed by atoms with Crippen LogP contribution in [0.4, 0.5) is 5.69 Å². The molecule has 6 heteroatoms. The van der Waals surface area contributed by atoms with E-state index < -0.39 is 0 Å². The number of aryl methyl sites for hydroxylation is 2. The average molecular weight is 409 g/mol. The van der Waals surface area contributed by atoms with E-state index in [2.05, 4.69) is 5.32 Å². The highest BCUT2D eigenvalue weighted by Gasteiger charge is 2.33. The number of rotatable bonds is 5. The van der Waals surface area contributed by atoms with Crippen LogP contribution in [0.25, 0.3) is 6.08 Å². The van der Waals surface area contributed by atoms with Gasteiger partial charge in [-0.25, -0.2) is 0 Å². The Labute approximate surface area is 174 Å². The van der Waals surface area contributed by atoms with Crippen molar-refractivity contribution in [3.05, 3.63) is 82.3 Å². The average Bonchev–Trinajstić information content (AvgIpc) is 2.93. The third-order valence-corrected chi connectivity index (χ3v) is 5.70. The lowest BCUT2D eigenvalue weighted by Gasteiger charge is -2.14. The van der Waals surface area contributed by atoms with E-state index in [1.807, 2.05) is 74.5 Å². The van der Waals surface area contributed by atoms with Crippen LogP contribution >= 0.6 is 24.0 Å². The lowest BCUT2D eigenvalue weighted by atomic mass is 10.1. The monoisotopic (exact) mass is 408 g/mol. The van der Waals surface area contributed by atoms with E-state index in [0.717, 1.165) is 16.7 Å². The predicted molar refractivity (Wildman–Crippen MR) is 120 cm³/mol. The van der Waals surface area contributed by atoms with Crippen LogP contribution in [0, 0.1) is 13.8 Å². The summed E-state index contributed by atoms with van der Waals surface area (Å²) in [6.07, 6.45) is 5.46. The van der Waals surface area contributed by atoms with Gasteiger partial charge in [0.1, 0.15) is 10.9 Å². The summed E-state index contributed by atoms with van der Waals surface area (Å²) < 4.78 is 0.389. The second kappa shape index (κ2) is 8.99. The molecule has 1 aliphatic rings. The second-order valence-corrected chi connectivity index (χ2v) is 8.08. The van der Waals surface area contributed by atoms with Gasteiger partial charge in [-0.05, 0) is 48.7 Å². The Morgan fingerprint density at radius 1 is 1.14 bits per heavy atom. The minimum absolute atomic E-state index is 0.0999. The topological polar surface area (TPSA) is 49.4 Å². The summed E-state index contributed by atoms with van der Waals surface area (Å²) in [5.74, 6) is -0.524. The van der Waals surface area contributed by atoms with Crippen molar-refractivity contribution in [2.75, 3.05) is 11.9 Å². The van der Waals surface area contributed by atoms with Gasteiger partial charge in [0.15, 0.2) is 0 Å². The van der Waals surface area contributed by atoms with Crippen LogP contribution < -0.4 is 5.32 Å². The Balaban J connectivity index is 1.63. The van der Waals surface area contributed by atoms with Gasteiger partial charge in [0.2, 0.25) is 5.91 Å². The molecular weight excluding hydrogens is 388 g/mol. The molecule has 142 valence electrons. The van der Waals surface area contributed by atoms with Crippen molar-refractivity contribution in [1.29, 1.82) is 0 Å². The molecule has 2 amide bonds. The predicted octanol–water partition coefficient (Wildman–Crippen LogP) is 4.70. The number of carbonyl (C=O) groups excluding carboxylic acids is 2. The summed E-state index contributed by atoms with van der Waals surface area (Å²) in [6, 6.07) is 15.5. The fraction of sp³-hybridized carbons (Fsp3) is 0.136. The molecule has 1 fully saturated rings. The minimum atomic E-state index is -0.277. The zero-order valence-electron chi connectivity index (χ0n) is 15.6. The van der Waals surface area contributed by atoms with Crippen molar-refractivity contribution >= 4 is 51.9 Å². The number of carbonyl (C=O) groups is 2. The van der Waals surface area contributed by atoms with Crippen LogP contribution in [0.3, 0.4) is 0 Å². The van der Waals surface area contributed by atoms with E-state index in [1.165, 1.54) is 16.7 Å². The highest BCUT2D eigenvalue weighted by Crippen LogP contribution is 2.30. The minimum Gasteiger partial charge on any atom is -0.325 e.